The van der Waals surface area contributed by atoms with Gasteiger partial charge in [-0.15, -0.1) is 11.8 Å². The van der Waals surface area contributed by atoms with Gasteiger partial charge in [-0.3, -0.25) is 0 Å². The van der Waals surface area contributed by atoms with E-state index in [1.54, 1.807) is 0 Å². The lowest BCUT2D eigenvalue weighted by Crippen LogP contribution is -2.14. The standard InChI is InChI=1S/C11H19N3OS2/c1-7(2)5-8(12)11-13-10(14-15-11)9-6-16-3-4-17-9/h7-9H,3-6,12H2,1-2H3. The largest absolute Gasteiger partial charge is 0.338 e. The van der Waals surface area contributed by atoms with Crippen LogP contribution in [-0.2, 0) is 0 Å². The van der Waals surface area contributed by atoms with E-state index in [2.05, 4.69) is 24.0 Å². The van der Waals surface area contributed by atoms with Crippen molar-refractivity contribution in [3.05, 3.63) is 11.7 Å². The topological polar surface area (TPSA) is 64.9 Å². The van der Waals surface area contributed by atoms with Crippen LogP contribution in [0, 0.1) is 5.92 Å². The number of nitrogens with two attached hydrogens (primary N) is 1. The third-order valence-electron chi connectivity index (χ3n) is 2.60. The molecule has 96 valence electrons. The predicted molar refractivity (Wildman–Crippen MR) is 73.2 cm³/mol. The van der Waals surface area contributed by atoms with Crippen molar-refractivity contribution in [1.29, 1.82) is 0 Å². The number of rotatable bonds is 4. The van der Waals surface area contributed by atoms with Crippen molar-refractivity contribution >= 4 is 23.5 Å². The second-order valence-corrected chi connectivity index (χ2v) is 7.12. The zero-order valence-electron chi connectivity index (χ0n) is 10.3. The van der Waals surface area contributed by atoms with E-state index < -0.39 is 0 Å². The third-order valence-corrected chi connectivity index (χ3v) is 5.35. The van der Waals surface area contributed by atoms with E-state index in [-0.39, 0.29) is 6.04 Å². The molecule has 0 aromatic carbocycles. The molecule has 1 aromatic heterocycles. The minimum absolute atomic E-state index is 0.127. The average molecular weight is 273 g/mol. The molecule has 0 radical (unpaired) electrons. The van der Waals surface area contributed by atoms with Gasteiger partial charge < -0.3 is 10.3 Å². The van der Waals surface area contributed by atoms with Crippen LogP contribution in [0.4, 0.5) is 0 Å². The maximum atomic E-state index is 6.03. The van der Waals surface area contributed by atoms with Crippen molar-refractivity contribution < 1.29 is 4.52 Å². The fourth-order valence-electron chi connectivity index (χ4n) is 1.77. The predicted octanol–water partition coefficient (Wildman–Crippen LogP) is 2.64. The SMILES string of the molecule is CC(C)CC(N)c1nc(C2CSCCS2)no1. The van der Waals surface area contributed by atoms with Crippen LogP contribution in [0.25, 0.3) is 0 Å². The lowest BCUT2D eigenvalue weighted by atomic mass is 10.0. The van der Waals surface area contributed by atoms with Crippen molar-refractivity contribution in [2.45, 2.75) is 31.6 Å². The highest BCUT2D eigenvalue weighted by Crippen LogP contribution is 2.35. The molecule has 2 atom stereocenters. The third kappa shape index (κ3) is 3.63. The molecule has 2 heterocycles. The maximum Gasteiger partial charge on any atom is 0.243 e. The van der Waals surface area contributed by atoms with Gasteiger partial charge in [0.2, 0.25) is 5.89 Å². The summed E-state index contributed by atoms with van der Waals surface area (Å²) in [5.74, 6) is 5.40. The van der Waals surface area contributed by atoms with Crippen LogP contribution >= 0.6 is 23.5 Å². The zero-order valence-corrected chi connectivity index (χ0v) is 11.9. The lowest BCUT2D eigenvalue weighted by Gasteiger charge is -2.17. The second-order valence-electron chi connectivity index (χ2n) is 4.66. The molecule has 0 aliphatic carbocycles. The van der Waals surface area contributed by atoms with E-state index in [9.17, 15) is 0 Å². The summed E-state index contributed by atoms with van der Waals surface area (Å²) in [5, 5.41) is 4.44. The Kier molecular flexibility index (Phi) is 4.76. The first-order valence-corrected chi connectivity index (χ1v) is 8.15. The Morgan fingerprint density at radius 3 is 2.94 bits per heavy atom. The van der Waals surface area contributed by atoms with Crippen molar-refractivity contribution in [3.8, 4) is 0 Å². The highest BCUT2D eigenvalue weighted by molar-refractivity contribution is 8.06. The van der Waals surface area contributed by atoms with Gasteiger partial charge in [0.1, 0.15) is 0 Å². The Balaban J connectivity index is 1.99. The van der Waals surface area contributed by atoms with Gasteiger partial charge >= 0.3 is 0 Å². The van der Waals surface area contributed by atoms with Crippen LogP contribution in [0.1, 0.15) is 43.3 Å². The van der Waals surface area contributed by atoms with Crippen molar-refractivity contribution in [2.75, 3.05) is 17.3 Å². The Labute approximate surface area is 110 Å². The molecule has 1 fully saturated rings. The molecule has 2 rings (SSSR count). The molecule has 1 aromatic rings. The Bertz CT molecular complexity index is 350. The first-order chi connectivity index (χ1) is 8.16. The Hall–Kier alpha value is -0.200. The summed E-state index contributed by atoms with van der Waals surface area (Å²) in [6.07, 6.45) is 0.883. The van der Waals surface area contributed by atoms with Crippen molar-refractivity contribution in [1.82, 2.24) is 10.1 Å². The van der Waals surface area contributed by atoms with Gasteiger partial charge in [-0.05, 0) is 12.3 Å². The van der Waals surface area contributed by atoms with Gasteiger partial charge in [0, 0.05) is 17.3 Å². The van der Waals surface area contributed by atoms with E-state index in [0.29, 0.717) is 17.1 Å². The number of hydrogen-bond acceptors (Lipinski definition) is 6. The molecule has 17 heavy (non-hydrogen) atoms. The van der Waals surface area contributed by atoms with Crippen LogP contribution in [0.5, 0.6) is 0 Å². The van der Waals surface area contributed by atoms with Crippen LogP contribution in [0.2, 0.25) is 0 Å². The minimum Gasteiger partial charge on any atom is -0.338 e. The first-order valence-electron chi connectivity index (χ1n) is 5.95. The molecule has 0 amide bonds. The van der Waals surface area contributed by atoms with Gasteiger partial charge in [0.05, 0.1) is 11.3 Å². The molecule has 2 N–H and O–H groups in total. The molecule has 1 aliphatic heterocycles. The van der Waals surface area contributed by atoms with Gasteiger partial charge in [0.15, 0.2) is 5.82 Å². The molecule has 0 saturated carbocycles. The molecular formula is C11H19N3OS2. The summed E-state index contributed by atoms with van der Waals surface area (Å²) in [6.45, 7) is 4.29. The van der Waals surface area contributed by atoms with Gasteiger partial charge in [-0.1, -0.05) is 19.0 Å². The summed E-state index contributed by atoms with van der Waals surface area (Å²) in [4.78, 5) is 4.45. The molecule has 0 bridgehead atoms. The van der Waals surface area contributed by atoms with Crippen LogP contribution in [0.3, 0.4) is 0 Å². The summed E-state index contributed by atoms with van der Waals surface area (Å²) in [7, 11) is 0. The summed E-state index contributed by atoms with van der Waals surface area (Å²) >= 11 is 3.86. The van der Waals surface area contributed by atoms with E-state index in [1.807, 2.05) is 23.5 Å². The van der Waals surface area contributed by atoms with Crippen molar-refractivity contribution in [2.24, 2.45) is 11.7 Å². The molecule has 6 heteroatoms. The molecule has 1 saturated heterocycles. The fraction of sp³-hybridized carbons (Fsp3) is 0.818. The Morgan fingerprint density at radius 2 is 2.29 bits per heavy atom. The van der Waals surface area contributed by atoms with Gasteiger partial charge in [-0.2, -0.15) is 16.7 Å². The highest BCUT2D eigenvalue weighted by Gasteiger charge is 2.23. The second kappa shape index (κ2) is 6.11. The van der Waals surface area contributed by atoms with Crippen LogP contribution < -0.4 is 5.73 Å². The first kappa shape index (κ1) is 13.2. The number of nitrogens with zero attached hydrogens (tertiary/aromatic N) is 2. The monoisotopic (exact) mass is 273 g/mol. The summed E-state index contributed by atoms with van der Waals surface area (Å²) in [6, 6.07) is -0.127. The lowest BCUT2D eigenvalue weighted by molar-refractivity contribution is 0.332. The fourth-order valence-corrected chi connectivity index (χ4v) is 4.36. The smallest absolute Gasteiger partial charge is 0.243 e. The average Bonchev–Trinajstić information content (AvgIpc) is 2.78. The van der Waals surface area contributed by atoms with Gasteiger partial charge in [-0.25, -0.2) is 0 Å². The molecule has 4 nitrogen and oxygen atoms in total. The molecular weight excluding hydrogens is 254 g/mol. The quantitative estimate of drug-likeness (QED) is 0.909. The van der Waals surface area contributed by atoms with Gasteiger partial charge in [0.25, 0.3) is 0 Å². The van der Waals surface area contributed by atoms with E-state index in [1.165, 1.54) is 5.75 Å². The van der Waals surface area contributed by atoms with E-state index >= 15 is 0 Å². The van der Waals surface area contributed by atoms with E-state index in [4.69, 9.17) is 10.3 Å². The number of hydrogen-bond donors (Lipinski definition) is 1. The van der Waals surface area contributed by atoms with Crippen molar-refractivity contribution in [3.63, 3.8) is 0 Å². The maximum absolute atomic E-state index is 6.03. The highest BCUT2D eigenvalue weighted by atomic mass is 32.2. The Morgan fingerprint density at radius 1 is 1.47 bits per heavy atom. The number of aromatic nitrogens is 2. The minimum atomic E-state index is -0.127. The summed E-state index contributed by atoms with van der Waals surface area (Å²) < 4.78 is 5.27. The van der Waals surface area contributed by atoms with Crippen LogP contribution in [0.15, 0.2) is 4.52 Å². The van der Waals surface area contributed by atoms with Crippen LogP contribution in [-0.4, -0.2) is 27.4 Å². The molecule has 1 aliphatic rings. The normalized spacial score (nSPS) is 22.9. The zero-order chi connectivity index (χ0) is 12.3. The number of thioether (sulfide) groups is 2. The summed E-state index contributed by atoms with van der Waals surface area (Å²) in [5.41, 5.74) is 6.03. The van der Waals surface area contributed by atoms with E-state index in [0.717, 1.165) is 23.8 Å². The molecule has 2 unspecified atom stereocenters. The molecule has 0 spiro atoms.